The highest BCUT2D eigenvalue weighted by atomic mass is 35.5. The lowest BCUT2D eigenvalue weighted by molar-refractivity contribution is 1.04. The first kappa shape index (κ1) is 24.7. The van der Waals surface area contributed by atoms with Crippen LogP contribution in [-0.2, 0) is 11.5 Å². The molecule has 0 aliphatic rings. The summed E-state index contributed by atoms with van der Waals surface area (Å²) in [6, 6.07) is 18.8. The molecule has 2 aromatic carbocycles. The van der Waals surface area contributed by atoms with E-state index in [1.165, 1.54) is 46.2 Å². The number of allylic oxidation sites excluding steroid dienone is 1. The van der Waals surface area contributed by atoms with Crippen molar-refractivity contribution in [2.24, 2.45) is 0 Å². The van der Waals surface area contributed by atoms with Gasteiger partial charge in [-0.3, -0.25) is 0 Å². The van der Waals surface area contributed by atoms with Gasteiger partial charge in [0.05, 0.1) is 15.7 Å². The van der Waals surface area contributed by atoms with Crippen LogP contribution < -0.4 is 0 Å². The minimum atomic E-state index is 0.0693. The van der Waals surface area contributed by atoms with Crippen molar-refractivity contribution in [3.05, 3.63) is 78.4 Å². The SMILES string of the molecule is N#CC(C#N)=C(SCc1nnc(-c2ccc(Cl)cc2)s1)SCc1nnc(-c2ccc(Cl)cc2)s1. The molecular weight excluding hydrogens is 547 g/mol. The van der Waals surface area contributed by atoms with Gasteiger partial charge in [-0.15, -0.1) is 43.9 Å². The van der Waals surface area contributed by atoms with Crippen molar-refractivity contribution in [2.45, 2.75) is 11.5 Å². The van der Waals surface area contributed by atoms with Gasteiger partial charge in [0.2, 0.25) is 0 Å². The number of nitrogens with zero attached hydrogens (tertiary/aromatic N) is 6. The van der Waals surface area contributed by atoms with Crippen LogP contribution in [0.15, 0.2) is 58.3 Å². The van der Waals surface area contributed by atoms with Crippen LogP contribution in [0.5, 0.6) is 0 Å². The number of halogens is 2. The molecule has 168 valence electrons. The van der Waals surface area contributed by atoms with Crippen LogP contribution in [0.3, 0.4) is 0 Å². The van der Waals surface area contributed by atoms with Gasteiger partial charge in [0, 0.05) is 21.2 Å². The second-order valence-electron chi connectivity index (χ2n) is 6.48. The van der Waals surface area contributed by atoms with Gasteiger partial charge in [-0.05, 0) is 24.3 Å². The van der Waals surface area contributed by atoms with Crippen LogP contribution in [-0.4, -0.2) is 20.4 Å². The zero-order valence-corrected chi connectivity index (χ0v) is 21.9. The summed E-state index contributed by atoms with van der Waals surface area (Å²) in [5.41, 5.74) is 1.94. The number of hydrogen-bond acceptors (Lipinski definition) is 10. The van der Waals surface area contributed by atoms with E-state index in [-0.39, 0.29) is 5.57 Å². The lowest BCUT2D eigenvalue weighted by atomic mass is 10.2. The van der Waals surface area contributed by atoms with Gasteiger partial charge in [-0.1, -0.05) is 70.1 Å². The molecule has 34 heavy (non-hydrogen) atoms. The number of benzene rings is 2. The van der Waals surface area contributed by atoms with E-state index in [0.717, 1.165) is 31.2 Å². The zero-order valence-electron chi connectivity index (χ0n) is 17.1. The van der Waals surface area contributed by atoms with Crippen molar-refractivity contribution in [1.29, 1.82) is 10.5 Å². The minimum absolute atomic E-state index is 0.0693. The average molecular weight is 560 g/mol. The van der Waals surface area contributed by atoms with Gasteiger partial charge in [0.15, 0.2) is 0 Å². The van der Waals surface area contributed by atoms with Crippen LogP contribution in [0.4, 0.5) is 0 Å². The summed E-state index contributed by atoms with van der Waals surface area (Å²) in [6.07, 6.45) is 0. The molecule has 0 saturated heterocycles. The smallest absolute Gasteiger partial charge is 0.149 e. The summed E-state index contributed by atoms with van der Waals surface area (Å²) in [5.74, 6) is 0.985. The van der Waals surface area contributed by atoms with E-state index in [0.29, 0.717) is 25.8 Å². The van der Waals surface area contributed by atoms with E-state index in [2.05, 4.69) is 20.4 Å². The van der Waals surface area contributed by atoms with Gasteiger partial charge in [-0.25, -0.2) is 0 Å². The van der Waals surface area contributed by atoms with Gasteiger partial charge in [-0.2, -0.15) is 10.5 Å². The molecule has 0 fully saturated rings. The zero-order chi connectivity index (χ0) is 23.9. The fraction of sp³-hybridized carbons (Fsp3) is 0.0909. The predicted molar refractivity (Wildman–Crippen MR) is 142 cm³/mol. The highest BCUT2D eigenvalue weighted by Crippen LogP contribution is 2.38. The average Bonchev–Trinajstić information content (AvgIpc) is 3.52. The number of nitriles is 2. The van der Waals surface area contributed by atoms with Crippen LogP contribution in [0.2, 0.25) is 10.0 Å². The Morgan fingerprint density at radius 2 is 1.12 bits per heavy atom. The second-order valence-corrected chi connectivity index (χ2v) is 11.7. The van der Waals surface area contributed by atoms with E-state index < -0.39 is 0 Å². The molecule has 0 atom stereocenters. The Morgan fingerprint density at radius 1 is 0.706 bits per heavy atom. The Balaban J connectivity index is 1.42. The van der Waals surface area contributed by atoms with E-state index >= 15 is 0 Å². The predicted octanol–water partition coefficient (Wildman–Crippen LogP) is 7.46. The first-order valence-corrected chi connectivity index (χ1v) is 13.9. The van der Waals surface area contributed by atoms with Crippen LogP contribution in [0, 0.1) is 22.7 Å². The number of rotatable bonds is 8. The summed E-state index contributed by atoms with van der Waals surface area (Å²) >= 11 is 17.6. The lowest BCUT2D eigenvalue weighted by Gasteiger charge is -2.04. The third kappa shape index (κ3) is 6.36. The molecule has 2 aromatic heterocycles. The van der Waals surface area contributed by atoms with Crippen molar-refractivity contribution in [3.8, 4) is 33.3 Å². The third-order valence-electron chi connectivity index (χ3n) is 4.20. The quantitative estimate of drug-likeness (QED) is 0.205. The molecule has 0 radical (unpaired) electrons. The van der Waals surface area contributed by atoms with Crippen LogP contribution in [0.1, 0.15) is 10.0 Å². The molecule has 4 rings (SSSR count). The maximum absolute atomic E-state index is 9.41. The van der Waals surface area contributed by atoms with E-state index in [4.69, 9.17) is 23.2 Å². The van der Waals surface area contributed by atoms with E-state index in [9.17, 15) is 10.5 Å². The summed E-state index contributed by atoms with van der Waals surface area (Å²) in [6.45, 7) is 0. The Labute approximate surface area is 222 Å². The van der Waals surface area contributed by atoms with E-state index in [1.807, 2.05) is 60.7 Å². The summed E-state index contributed by atoms with van der Waals surface area (Å²) in [4.78, 5) is 0. The van der Waals surface area contributed by atoms with Crippen molar-refractivity contribution in [1.82, 2.24) is 20.4 Å². The Bertz CT molecular complexity index is 1290. The maximum Gasteiger partial charge on any atom is 0.149 e. The molecular formula is C22H12Cl2N6S4. The molecule has 0 saturated carbocycles. The molecule has 0 unspecified atom stereocenters. The topological polar surface area (TPSA) is 99.1 Å². The maximum atomic E-state index is 9.41. The normalized spacial score (nSPS) is 10.5. The minimum Gasteiger partial charge on any atom is -0.192 e. The number of aromatic nitrogens is 4. The Hall–Kier alpha value is -2.44. The van der Waals surface area contributed by atoms with Crippen molar-refractivity contribution >= 4 is 69.4 Å². The largest absolute Gasteiger partial charge is 0.192 e. The van der Waals surface area contributed by atoms with Crippen molar-refractivity contribution in [3.63, 3.8) is 0 Å². The first-order valence-electron chi connectivity index (χ1n) is 9.52. The summed E-state index contributed by atoms with van der Waals surface area (Å²) in [5, 5.41) is 40.3. The van der Waals surface area contributed by atoms with E-state index in [1.54, 1.807) is 0 Å². The molecule has 0 aliphatic heterocycles. The van der Waals surface area contributed by atoms with Crippen LogP contribution in [0.25, 0.3) is 21.1 Å². The van der Waals surface area contributed by atoms with Crippen LogP contribution >= 0.6 is 69.4 Å². The van der Waals surface area contributed by atoms with Crippen molar-refractivity contribution < 1.29 is 0 Å². The molecule has 0 bridgehead atoms. The lowest BCUT2D eigenvalue weighted by Crippen LogP contribution is -1.86. The van der Waals surface area contributed by atoms with Gasteiger partial charge in [0.1, 0.15) is 37.7 Å². The molecule has 12 heteroatoms. The third-order valence-corrected chi connectivity index (χ3v) is 9.49. The monoisotopic (exact) mass is 558 g/mol. The molecule has 0 amide bonds. The fourth-order valence-corrected chi connectivity index (χ4v) is 6.74. The van der Waals surface area contributed by atoms with Gasteiger partial charge >= 0.3 is 0 Å². The highest BCUT2D eigenvalue weighted by molar-refractivity contribution is 8.21. The molecule has 6 nitrogen and oxygen atoms in total. The Morgan fingerprint density at radius 3 is 1.50 bits per heavy atom. The molecule has 0 N–H and O–H groups in total. The second kappa shape index (κ2) is 11.8. The Kier molecular flexibility index (Phi) is 8.57. The standard InChI is InChI=1S/C22H12Cl2N6S4/c23-16-5-1-13(2-6-16)20-29-27-18(33-20)11-31-22(15(9-25)10-26)32-12-19-28-30-21(34-19)14-3-7-17(24)8-4-14/h1-8H,11-12H2. The first-order chi connectivity index (χ1) is 16.6. The molecule has 2 heterocycles. The molecule has 4 aromatic rings. The van der Waals surface area contributed by atoms with Gasteiger partial charge in [0.25, 0.3) is 0 Å². The fourth-order valence-electron chi connectivity index (χ4n) is 2.60. The van der Waals surface area contributed by atoms with Gasteiger partial charge < -0.3 is 0 Å². The molecule has 0 aliphatic carbocycles. The number of thioether (sulfide) groups is 2. The summed E-state index contributed by atoms with van der Waals surface area (Å²) in [7, 11) is 0. The molecule has 0 spiro atoms. The number of hydrogen-bond donors (Lipinski definition) is 0. The summed E-state index contributed by atoms with van der Waals surface area (Å²) < 4.78 is 0.622. The highest BCUT2D eigenvalue weighted by Gasteiger charge is 2.14. The van der Waals surface area contributed by atoms with Crippen molar-refractivity contribution in [2.75, 3.05) is 0 Å².